The van der Waals surface area contributed by atoms with E-state index in [-0.39, 0.29) is 5.92 Å². The summed E-state index contributed by atoms with van der Waals surface area (Å²) in [5.41, 5.74) is 1.88. The molecule has 86 valence electrons. The third-order valence-electron chi connectivity index (χ3n) is 3.31. The Morgan fingerprint density at radius 3 is 2.25 bits per heavy atom. The molecule has 1 heteroatoms. The van der Waals surface area contributed by atoms with Gasteiger partial charge in [-0.1, -0.05) is 49.8 Å². The number of allylic oxidation sites excluding steroid dienone is 1. The van der Waals surface area contributed by atoms with Crippen LogP contribution in [-0.4, -0.2) is 6.29 Å². The van der Waals surface area contributed by atoms with Crippen LogP contribution in [0.25, 0.3) is 0 Å². The molecule has 1 rings (SSSR count). The minimum Gasteiger partial charge on any atom is -0.302 e. The van der Waals surface area contributed by atoms with Crippen LogP contribution in [0.3, 0.4) is 0 Å². The van der Waals surface area contributed by atoms with Crippen LogP contribution < -0.4 is 0 Å². The van der Waals surface area contributed by atoms with Gasteiger partial charge in [0.25, 0.3) is 0 Å². The zero-order valence-electron chi connectivity index (χ0n) is 10.4. The molecule has 1 aromatic rings. The number of rotatable bonds is 5. The highest BCUT2D eigenvalue weighted by Crippen LogP contribution is 2.34. The van der Waals surface area contributed by atoms with E-state index in [0.717, 1.165) is 11.8 Å². The molecule has 1 aromatic carbocycles. The van der Waals surface area contributed by atoms with Gasteiger partial charge in [-0.05, 0) is 24.8 Å². The third-order valence-corrected chi connectivity index (χ3v) is 3.31. The zero-order chi connectivity index (χ0) is 12.2. The molecule has 0 amide bonds. The van der Waals surface area contributed by atoms with Crippen molar-refractivity contribution < 1.29 is 4.79 Å². The van der Waals surface area contributed by atoms with Gasteiger partial charge in [0.15, 0.2) is 0 Å². The molecular weight excluding hydrogens is 196 g/mol. The Labute approximate surface area is 98.2 Å². The SMILES string of the molecule is C=CC[C@@](C=O)(c1ccc(C)cc1)C(C)C. The minimum atomic E-state index is -0.421. The van der Waals surface area contributed by atoms with Crippen molar-refractivity contribution in [2.24, 2.45) is 5.92 Å². The van der Waals surface area contributed by atoms with Crippen LogP contribution in [0.15, 0.2) is 36.9 Å². The lowest BCUT2D eigenvalue weighted by molar-refractivity contribution is -0.114. The normalized spacial score (nSPS) is 14.5. The van der Waals surface area contributed by atoms with E-state index in [1.54, 1.807) is 0 Å². The maximum atomic E-state index is 11.5. The van der Waals surface area contributed by atoms with Crippen LogP contribution in [0.2, 0.25) is 0 Å². The molecule has 1 nitrogen and oxygen atoms in total. The van der Waals surface area contributed by atoms with Crippen molar-refractivity contribution in [3.8, 4) is 0 Å². The summed E-state index contributed by atoms with van der Waals surface area (Å²) in [4.78, 5) is 11.5. The smallest absolute Gasteiger partial charge is 0.131 e. The van der Waals surface area contributed by atoms with Crippen molar-refractivity contribution in [1.29, 1.82) is 0 Å². The van der Waals surface area contributed by atoms with Gasteiger partial charge in [-0.2, -0.15) is 0 Å². The Bertz CT molecular complexity index is 362. The predicted molar refractivity (Wildman–Crippen MR) is 68.6 cm³/mol. The molecule has 0 N–H and O–H groups in total. The number of aldehydes is 1. The fourth-order valence-electron chi connectivity index (χ4n) is 2.04. The molecule has 0 radical (unpaired) electrons. The highest BCUT2D eigenvalue weighted by atomic mass is 16.1. The minimum absolute atomic E-state index is 0.269. The van der Waals surface area contributed by atoms with Crippen LogP contribution in [0.4, 0.5) is 0 Å². The maximum Gasteiger partial charge on any atom is 0.131 e. The van der Waals surface area contributed by atoms with E-state index < -0.39 is 5.41 Å². The first-order chi connectivity index (χ1) is 7.56. The zero-order valence-corrected chi connectivity index (χ0v) is 10.4. The first kappa shape index (κ1) is 12.7. The summed E-state index contributed by atoms with van der Waals surface area (Å²) in [7, 11) is 0. The Morgan fingerprint density at radius 2 is 1.88 bits per heavy atom. The van der Waals surface area contributed by atoms with Gasteiger partial charge in [0.1, 0.15) is 6.29 Å². The number of carbonyl (C=O) groups is 1. The van der Waals surface area contributed by atoms with Crippen molar-refractivity contribution in [3.63, 3.8) is 0 Å². The summed E-state index contributed by atoms with van der Waals surface area (Å²) in [5, 5.41) is 0. The lowest BCUT2D eigenvalue weighted by Gasteiger charge is -2.31. The van der Waals surface area contributed by atoms with Crippen LogP contribution >= 0.6 is 0 Å². The Morgan fingerprint density at radius 1 is 1.31 bits per heavy atom. The van der Waals surface area contributed by atoms with Gasteiger partial charge < -0.3 is 4.79 Å². The molecule has 16 heavy (non-hydrogen) atoms. The topological polar surface area (TPSA) is 17.1 Å². The third kappa shape index (κ3) is 2.24. The molecule has 0 saturated carbocycles. The second kappa shape index (κ2) is 5.11. The van der Waals surface area contributed by atoms with E-state index in [1.807, 2.05) is 18.2 Å². The molecular formula is C15H20O. The van der Waals surface area contributed by atoms with Gasteiger partial charge in [-0.15, -0.1) is 6.58 Å². The molecule has 0 aliphatic rings. The van der Waals surface area contributed by atoms with E-state index in [2.05, 4.69) is 39.5 Å². The number of aryl methyl sites for hydroxylation is 1. The molecule has 0 fully saturated rings. The van der Waals surface area contributed by atoms with Crippen LogP contribution in [0, 0.1) is 12.8 Å². The molecule has 0 aliphatic carbocycles. The first-order valence-electron chi connectivity index (χ1n) is 5.71. The molecule has 0 bridgehead atoms. The predicted octanol–water partition coefficient (Wildman–Crippen LogP) is 3.66. The second-order valence-electron chi connectivity index (χ2n) is 4.67. The average Bonchev–Trinajstić information content (AvgIpc) is 2.27. The van der Waals surface area contributed by atoms with Gasteiger partial charge in [0.05, 0.1) is 5.41 Å². The van der Waals surface area contributed by atoms with Crippen LogP contribution in [0.5, 0.6) is 0 Å². The van der Waals surface area contributed by atoms with E-state index >= 15 is 0 Å². The Hall–Kier alpha value is -1.37. The van der Waals surface area contributed by atoms with Crippen molar-refractivity contribution in [1.82, 2.24) is 0 Å². The fraction of sp³-hybridized carbons (Fsp3) is 0.400. The number of benzene rings is 1. The van der Waals surface area contributed by atoms with Crippen LogP contribution in [0.1, 0.15) is 31.4 Å². The lowest BCUT2D eigenvalue weighted by atomic mass is 9.70. The maximum absolute atomic E-state index is 11.5. The van der Waals surface area contributed by atoms with E-state index in [9.17, 15) is 4.79 Å². The molecule has 0 heterocycles. The van der Waals surface area contributed by atoms with Crippen molar-refractivity contribution in [2.75, 3.05) is 0 Å². The number of hydrogen-bond acceptors (Lipinski definition) is 1. The average molecular weight is 216 g/mol. The monoisotopic (exact) mass is 216 g/mol. The molecule has 0 saturated heterocycles. The van der Waals surface area contributed by atoms with E-state index in [0.29, 0.717) is 6.42 Å². The van der Waals surface area contributed by atoms with Gasteiger partial charge >= 0.3 is 0 Å². The van der Waals surface area contributed by atoms with E-state index in [1.165, 1.54) is 5.56 Å². The van der Waals surface area contributed by atoms with Gasteiger partial charge in [-0.3, -0.25) is 0 Å². The van der Waals surface area contributed by atoms with Crippen molar-refractivity contribution in [2.45, 2.75) is 32.6 Å². The molecule has 0 aliphatic heterocycles. The van der Waals surface area contributed by atoms with Crippen molar-refractivity contribution >= 4 is 6.29 Å². The lowest BCUT2D eigenvalue weighted by Crippen LogP contribution is -2.33. The Balaban J connectivity index is 3.23. The summed E-state index contributed by atoms with van der Waals surface area (Å²) in [6.07, 6.45) is 3.59. The number of carbonyl (C=O) groups excluding carboxylic acids is 1. The summed E-state index contributed by atoms with van der Waals surface area (Å²) in [6.45, 7) is 9.97. The molecule has 0 spiro atoms. The summed E-state index contributed by atoms with van der Waals surface area (Å²) < 4.78 is 0. The molecule has 0 aromatic heterocycles. The van der Waals surface area contributed by atoms with Gasteiger partial charge in [0.2, 0.25) is 0 Å². The first-order valence-corrected chi connectivity index (χ1v) is 5.71. The standard InChI is InChI=1S/C15H20O/c1-5-10-15(11-16,12(2)3)14-8-6-13(4)7-9-14/h5-9,11-12H,1,10H2,2-4H3/t15-/m0/s1. The second-order valence-corrected chi connectivity index (χ2v) is 4.67. The van der Waals surface area contributed by atoms with Crippen molar-refractivity contribution in [3.05, 3.63) is 48.0 Å². The summed E-state index contributed by atoms with van der Waals surface area (Å²) in [6, 6.07) is 8.21. The highest BCUT2D eigenvalue weighted by Gasteiger charge is 2.34. The van der Waals surface area contributed by atoms with Crippen LogP contribution in [-0.2, 0) is 10.2 Å². The van der Waals surface area contributed by atoms with Gasteiger partial charge in [0, 0.05) is 0 Å². The number of hydrogen-bond donors (Lipinski definition) is 0. The van der Waals surface area contributed by atoms with Gasteiger partial charge in [-0.25, -0.2) is 0 Å². The van der Waals surface area contributed by atoms with E-state index in [4.69, 9.17) is 0 Å². The molecule has 0 unspecified atom stereocenters. The fourth-order valence-corrected chi connectivity index (χ4v) is 2.04. The Kier molecular flexibility index (Phi) is 4.05. The summed E-state index contributed by atoms with van der Waals surface area (Å²) >= 11 is 0. The molecule has 1 atom stereocenters. The quantitative estimate of drug-likeness (QED) is 0.542. The highest BCUT2D eigenvalue weighted by molar-refractivity contribution is 5.69. The summed E-state index contributed by atoms with van der Waals surface area (Å²) in [5.74, 6) is 0.269. The largest absolute Gasteiger partial charge is 0.302 e.